The molecular formula is C23H31FN4O. The minimum Gasteiger partial charge on any atom is -0.349 e. The predicted octanol–water partition coefficient (Wildman–Crippen LogP) is 3.96. The number of rotatable bonds is 6. The third-order valence-corrected chi connectivity index (χ3v) is 6.43. The lowest BCUT2D eigenvalue weighted by Crippen LogP contribution is -2.45. The average molecular weight is 399 g/mol. The fourth-order valence-electron chi connectivity index (χ4n) is 4.79. The molecule has 2 heterocycles. The average Bonchev–Trinajstić information content (AvgIpc) is 3.39. The molecule has 156 valence electrons. The number of hydrogen-bond acceptors (Lipinski definition) is 3. The summed E-state index contributed by atoms with van der Waals surface area (Å²) >= 11 is 0. The van der Waals surface area contributed by atoms with Gasteiger partial charge in [-0.3, -0.25) is 4.79 Å². The van der Waals surface area contributed by atoms with Crippen LogP contribution in [0, 0.1) is 11.7 Å². The second kappa shape index (κ2) is 9.08. The van der Waals surface area contributed by atoms with Gasteiger partial charge in [-0.05, 0) is 62.3 Å². The first-order chi connectivity index (χ1) is 14.1. The Kier molecular flexibility index (Phi) is 6.28. The highest BCUT2D eigenvalue weighted by Gasteiger charge is 2.26. The van der Waals surface area contributed by atoms with Gasteiger partial charge in [0.25, 0.3) is 5.91 Å². The van der Waals surface area contributed by atoms with E-state index in [4.69, 9.17) is 0 Å². The van der Waals surface area contributed by atoms with Gasteiger partial charge < -0.3 is 10.2 Å². The molecule has 1 aliphatic carbocycles. The number of likely N-dealkylation sites (tertiary alicyclic amines) is 1. The van der Waals surface area contributed by atoms with Gasteiger partial charge in [0, 0.05) is 25.7 Å². The molecule has 0 radical (unpaired) electrons. The Morgan fingerprint density at radius 2 is 1.83 bits per heavy atom. The lowest BCUT2D eigenvalue weighted by Gasteiger charge is -2.33. The van der Waals surface area contributed by atoms with Crippen molar-refractivity contribution in [2.75, 3.05) is 19.6 Å². The minimum atomic E-state index is -0.281. The maximum atomic E-state index is 13.2. The lowest BCUT2D eigenvalue weighted by atomic mass is 10.0. The van der Waals surface area contributed by atoms with Crippen molar-refractivity contribution in [3.8, 4) is 5.69 Å². The van der Waals surface area contributed by atoms with Crippen LogP contribution in [0.3, 0.4) is 0 Å². The molecule has 1 saturated heterocycles. The van der Waals surface area contributed by atoms with Crippen molar-refractivity contribution in [2.45, 2.75) is 57.9 Å². The van der Waals surface area contributed by atoms with Gasteiger partial charge in [-0.1, -0.05) is 19.8 Å². The fraction of sp³-hybridized carbons (Fsp3) is 0.565. The normalized spacial score (nSPS) is 19.0. The molecule has 0 spiro atoms. The maximum Gasteiger partial charge on any atom is 0.254 e. The van der Waals surface area contributed by atoms with Gasteiger partial charge in [0.15, 0.2) is 0 Å². The van der Waals surface area contributed by atoms with Crippen molar-refractivity contribution in [3.05, 3.63) is 47.5 Å². The van der Waals surface area contributed by atoms with Crippen molar-refractivity contribution >= 4 is 5.91 Å². The molecule has 6 heteroatoms. The van der Waals surface area contributed by atoms with Crippen molar-refractivity contribution < 1.29 is 9.18 Å². The van der Waals surface area contributed by atoms with Gasteiger partial charge in [0.2, 0.25) is 0 Å². The Morgan fingerprint density at radius 1 is 1.14 bits per heavy atom. The molecule has 2 fully saturated rings. The van der Waals surface area contributed by atoms with Crippen molar-refractivity contribution in [3.63, 3.8) is 0 Å². The molecule has 2 aliphatic rings. The van der Waals surface area contributed by atoms with E-state index in [2.05, 4.69) is 15.3 Å². The first kappa shape index (κ1) is 20.1. The summed E-state index contributed by atoms with van der Waals surface area (Å²) < 4.78 is 15.0. The second-order valence-corrected chi connectivity index (χ2v) is 8.45. The zero-order valence-corrected chi connectivity index (χ0v) is 17.2. The van der Waals surface area contributed by atoms with E-state index in [1.165, 1.54) is 44.4 Å². The SMILES string of the molecule is CCc1c(C(=O)NC2CCN(CC3CCCC3)CC2)cnn1-c1ccc(F)cc1. The topological polar surface area (TPSA) is 50.2 Å². The largest absolute Gasteiger partial charge is 0.349 e. The minimum absolute atomic E-state index is 0.0514. The second-order valence-electron chi connectivity index (χ2n) is 8.45. The first-order valence-corrected chi connectivity index (χ1v) is 11.0. The zero-order valence-electron chi connectivity index (χ0n) is 17.2. The van der Waals surface area contributed by atoms with Crippen molar-refractivity contribution in [1.82, 2.24) is 20.0 Å². The summed E-state index contributed by atoms with van der Waals surface area (Å²) in [4.78, 5) is 15.5. The number of nitrogens with one attached hydrogen (secondary N) is 1. The quantitative estimate of drug-likeness (QED) is 0.801. The van der Waals surface area contributed by atoms with Gasteiger partial charge in [0.1, 0.15) is 5.82 Å². The Bertz CT molecular complexity index is 818. The Labute approximate surface area is 172 Å². The van der Waals surface area contributed by atoms with Crippen LogP contribution in [0.25, 0.3) is 5.69 Å². The van der Waals surface area contributed by atoms with E-state index in [1.54, 1.807) is 23.0 Å². The molecule has 1 amide bonds. The highest BCUT2D eigenvalue weighted by Crippen LogP contribution is 2.26. The molecule has 4 rings (SSSR count). The number of aromatic nitrogens is 2. The van der Waals surface area contributed by atoms with E-state index >= 15 is 0 Å². The van der Waals surface area contributed by atoms with E-state index in [9.17, 15) is 9.18 Å². The number of benzene rings is 1. The van der Waals surface area contributed by atoms with Gasteiger partial charge in [-0.2, -0.15) is 5.10 Å². The molecular weight excluding hydrogens is 367 g/mol. The van der Waals surface area contributed by atoms with Gasteiger partial charge in [-0.15, -0.1) is 0 Å². The van der Waals surface area contributed by atoms with E-state index in [1.807, 2.05) is 6.92 Å². The van der Waals surface area contributed by atoms with Gasteiger partial charge in [0.05, 0.1) is 23.1 Å². The summed E-state index contributed by atoms with van der Waals surface area (Å²) in [5.74, 6) is 0.547. The van der Waals surface area contributed by atoms with Crippen LogP contribution < -0.4 is 5.32 Å². The van der Waals surface area contributed by atoms with Crippen LogP contribution in [0.5, 0.6) is 0 Å². The fourth-order valence-corrected chi connectivity index (χ4v) is 4.79. The Morgan fingerprint density at radius 3 is 2.48 bits per heavy atom. The van der Waals surface area contributed by atoms with Crippen LogP contribution in [0.1, 0.15) is 61.5 Å². The van der Waals surface area contributed by atoms with Crippen molar-refractivity contribution in [2.24, 2.45) is 5.92 Å². The third-order valence-electron chi connectivity index (χ3n) is 6.43. The summed E-state index contributed by atoms with van der Waals surface area (Å²) in [5.41, 5.74) is 2.24. The Balaban J connectivity index is 1.36. The molecule has 0 unspecified atom stereocenters. The van der Waals surface area contributed by atoms with E-state index in [0.717, 1.165) is 43.2 Å². The zero-order chi connectivity index (χ0) is 20.2. The maximum absolute atomic E-state index is 13.2. The number of nitrogens with zero attached hydrogens (tertiary/aromatic N) is 3. The Hall–Kier alpha value is -2.21. The molecule has 0 bridgehead atoms. The number of carbonyl (C=O) groups excluding carboxylic acids is 1. The van der Waals surface area contributed by atoms with Gasteiger partial charge >= 0.3 is 0 Å². The number of amides is 1. The highest BCUT2D eigenvalue weighted by molar-refractivity contribution is 5.95. The monoisotopic (exact) mass is 398 g/mol. The van der Waals surface area contributed by atoms with Crippen LogP contribution in [0.2, 0.25) is 0 Å². The van der Waals surface area contributed by atoms with E-state index < -0.39 is 0 Å². The molecule has 1 N–H and O–H groups in total. The number of hydrogen-bond donors (Lipinski definition) is 1. The molecule has 2 aromatic rings. The summed E-state index contributed by atoms with van der Waals surface area (Å²) in [7, 11) is 0. The lowest BCUT2D eigenvalue weighted by molar-refractivity contribution is 0.0905. The van der Waals surface area contributed by atoms with E-state index in [0.29, 0.717) is 12.0 Å². The number of piperidine rings is 1. The van der Waals surface area contributed by atoms with Crippen LogP contribution in [-0.4, -0.2) is 46.3 Å². The molecule has 29 heavy (non-hydrogen) atoms. The first-order valence-electron chi connectivity index (χ1n) is 11.0. The summed E-state index contributed by atoms with van der Waals surface area (Å²) in [6.07, 6.45) is 9.87. The van der Waals surface area contributed by atoms with Crippen LogP contribution >= 0.6 is 0 Å². The smallest absolute Gasteiger partial charge is 0.254 e. The molecule has 5 nitrogen and oxygen atoms in total. The summed E-state index contributed by atoms with van der Waals surface area (Å²) in [5, 5.41) is 7.61. The predicted molar refractivity (Wildman–Crippen MR) is 112 cm³/mol. The van der Waals surface area contributed by atoms with Crippen LogP contribution in [0.4, 0.5) is 4.39 Å². The summed E-state index contributed by atoms with van der Waals surface area (Å²) in [6.45, 7) is 5.37. The molecule has 1 aromatic heterocycles. The molecule has 1 saturated carbocycles. The van der Waals surface area contributed by atoms with Crippen LogP contribution in [0.15, 0.2) is 30.5 Å². The molecule has 0 atom stereocenters. The summed E-state index contributed by atoms with van der Waals surface area (Å²) in [6, 6.07) is 6.42. The van der Waals surface area contributed by atoms with Crippen molar-refractivity contribution in [1.29, 1.82) is 0 Å². The van der Waals surface area contributed by atoms with Crippen LogP contribution in [-0.2, 0) is 6.42 Å². The third kappa shape index (κ3) is 4.69. The van der Waals surface area contributed by atoms with E-state index in [-0.39, 0.29) is 17.8 Å². The number of halogens is 1. The molecule has 1 aromatic carbocycles. The molecule has 1 aliphatic heterocycles. The van der Waals surface area contributed by atoms with Gasteiger partial charge in [-0.25, -0.2) is 9.07 Å². The highest BCUT2D eigenvalue weighted by atomic mass is 19.1. The standard InChI is InChI=1S/C23H31FN4O/c1-2-22-21(15-25-28(22)20-9-7-18(24)8-10-20)23(29)26-19-11-13-27(14-12-19)16-17-5-3-4-6-17/h7-10,15,17,19H,2-6,11-14,16H2,1H3,(H,26,29). The number of carbonyl (C=O) groups is 1.